The van der Waals surface area contributed by atoms with Crippen LogP contribution in [-0.2, 0) is 13.1 Å². The number of carbonyl (C=O) groups excluding carboxylic acids is 1. The fourth-order valence-corrected chi connectivity index (χ4v) is 3.48. The Morgan fingerprint density at radius 3 is 2.66 bits per heavy atom. The standard InChI is InChI=1S/C24H28N6O2/c1-18-15-22-23(16-19(18)2)30(28-27-22)12-4-14-32-21-7-5-20(6-8-21)24(31)26-9-3-11-29-13-10-25-17-29/h5-8,10,13,15-17H,3-4,9,11-12,14H2,1-2H3,(H,26,31). The number of nitrogens with one attached hydrogen (secondary N) is 1. The minimum absolute atomic E-state index is 0.0780. The van der Waals surface area contributed by atoms with Crippen LogP contribution in [0.5, 0.6) is 5.75 Å². The third-order valence-electron chi connectivity index (χ3n) is 5.47. The number of aryl methyl sites for hydroxylation is 4. The van der Waals surface area contributed by atoms with Gasteiger partial charge in [0.2, 0.25) is 0 Å². The lowest BCUT2D eigenvalue weighted by atomic mass is 10.1. The molecule has 0 unspecified atom stereocenters. The van der Waals surface area contributed by atoms with Gasteiger partial charge in [-0.3, -0.25) is 4.79 Å². The first-order chi connectivity index (χ1) is 15.6. The zero-order chi connectivity index (χ0) is 22.3. The Balaban J connectivity index is 1.19. The maximum Gasteiger partial charge on any atom is 0.251 e. The third-order valence-corrected chi connectivity index (χ3v) is 5.47. The van der Waals surface area contributed by atoms with Gasteiger partial charge < -0.3 is 14.6 Å². The van der Waals surface area contributed by atoms with Gasteiger partial charge in [-0.05, 0) is 67.8 Å². The number of nitrogens with zero attached hydrogens (tertiary/aromatic N) is 5. The summed E-state index contributed by atoms with van der Waals surface area (Å²) < 4.78 is 9.75. The van der Waals surface area contributed by atoms with Crippen molar-refractivity contribution < 1.29 is 9.53 Å². The lowest BCUT2D eigenvalue weighted by Crippen LogP contribution is -2.25. The van der Waals surface area contributed by atoms with Crippen molar-refractivity contribution in [1.82, 2.24) is 29.9 Å². The highest BCUT2D eigenvalue weighted by Crippen LogP contribution is 2.18. The molecule has 8 nitrogen and oxygen atoms in total. The molecule has 8 heteroatoms. The van der Waals surface area contributed by atoms with E-state index in [4.69, 9.17) is 4.74 Å². The van der Waals surface area contributed by atoms with Gasteiger partial charge in [0.1, 0.15) is 11.3 Å². The first-order valence-corrected chi connectivity index (χ1v) is 10.9. The third kappa shape index (κ3) is 5.32. The summed E-state index contributed by atoms with van der Waals surface area (Å²) in [4.78, 5) is 16.3. The molecule has 2 aromatic carbocycles. The highest BCUT2D eigenvalue weighted by Gasteiger charge is 2.07. The number of carbonyl (C=O) groups is 1. The summed E-state index contributed by atoms with van der Waals surface area (Å²) >= 11 is 0. The molecule has 0 aliphatic rings. The van der Waals surface area contributed by atoms with Gasteiger partial charge in [0.15, 0.2) is 0 Å². The van der Waals surface area contributed by atoms with E-state index in [2.05, 4.69) is 46.6 Å². The van der Waals surface area contributed by atoms with Crippen LogP contribution in [0.2, 0.25) is 0 Å². The number of amides is 1. The van der Waals surface area contributed by atoms with Gasteiger partial charge in [-0.2, -0.15) is 0 Å². The zero-order valence-electron chi connectivity index (χ0n) is 18.5. The summed E-state index contributed by atoms with van der Waals surface area (Å²) in [7, 11) is 0. The molecule has 2 aromatic heterocycles. The van der Waals surface area contributed by atoms with Crippen LogP contribution in [0, 0.1) is 13.8 Å². The molecule has 32 heavy (non-hydrogen) atoms. The molecular weight excluding hydrogens is 404 g/mol. The van der Waals surface area contributed by atoms with E-state index in [9.17, 15) is 4.79 Å². The minimum Gasteiger partial charge on any atom is -0.494 e. The van der Waals surface area contributed by atoms with Crippen LogP contribution in [-0.4, -0.2) is 43.6 Å². The molecule has 0 aliphatic heterocycles. The van der Waals surface area contributed by atoms with Crippen molar-refractivity contribution in [1.29, 1.82) is 0 Å². The SMILES string of the molecule is Cc1cc2nnn(CCCOc3ccc(C(=O)NCCCn4ccnc4)cc3)c2cc1C. The Bertz CT molecular complexity index is 1170. The number of benzene rings is 2. The second-order valence-electron chi connectivity index (χ2n) is 7.87. The Morgan fingerprint density at radius 1 is 1.06 bits per heavy atom. The predicted molar refractivity (Wildman–Crippen MR) is 123 cm³/mol. The highest BCUT2D eigenvalue weighted by molar-refractivity contribution is 5.94. The Labute approximate surface area is 187 Å². The molecule has 0 bridgehead atoms. The number of fused-ring (bicyclic) bond motifs is 1. The summed E-state index contributed by atoms with van der Waals surface area (Å²) in [6.07, 6.45) is 7.10. The van der Waals surface area contributed by atoms with E-state index in [0.717, 1.165) is 42.7 Å². The summed E-state index contributed by atoms with van der Waals surface area (Å²) in [6, 6.07) is 11.4. The van der Waals surface area contributed by atoms with Crippen molar-refractivity contribution in [3.05, 3.63) is 71.8 Å². The van der Waals surface area contributed by atoms with Crippen LogP contribution < -0.4 is 10.1 Å². The summed E-state index contributed by atoms with van der Waals surface area (Å²) in [6.45, 7) is 6.92. The van der Waals surface area contributed by atoms with Crippen LogP contribution in [0.25, 0.3) is 11.0 Å². The molecule has 0 saturated carbocycles. The second kappa shape index (κ2) is 10.1. The maximum atomic E-state index is 12.3. The minimum atomic E-state index is -0.0780. The van der Waals surface area contributed by atoms with Crippen LogP contribution in [0.4, 0.5) is 0 Å². The normalized spacial score (nSPS) is 11.1. The van der Waals surface area contributed by atoms with Crippen LogP contribution in [0.3, 0.4) is 0 Å². The second-order valence-corrected chi connectivity index (χ2v) is 7.87. The van der Waals surface area contributed by atoms with E-state index in [-0.39, 0.29) is 5.91 Å². The van der Waals surface area contributed by atoms with Crippen LogP contribution in [0.1, 0.15) is 34.3 Å². The number of imidazole rings is 1. The van der Waals surface area contributed by atoms with Gasteiger partial charge in [0.25, 0.3) is 5.91 Å². The number of aromatic nitrogens is 5. The molecular formula is C24H28N6O2. The van der Waals surface area contributed by atoms with Crippen LogP contribution in [0.15, 0.2) is 55.1 Å². The number of hydrogen-bond donors (Lipinski definition) is 1. The lowest BCUT2D eigenvalue weighted by molar-refractivity contribution is 0.0952. The first-order valence-electron chi connectivity index (χ1n) is 10.9. The quantitative estimate of drug-likeness (QED) is 0.388. The van der Waals surface area contributed by atoms with E-state index >= 15 is 0 Å². The smallest absolute Gasteiger partial charge is 0.251 e. The topological polar surface area (TPSA) is 86.9 Å². The number of hydrogen-bond acceptors (Lipinski definition) is 5. The maximum absolute atomic E-state index is 12.3. The Morgan fingerprint density at radius 2 is 1.88 bits per heavy atom. The van der Waals surface area contributed by atoms with Crippen LogP contribution >= 0.6 is 0 Å². The average Bonchev–Trinajstić information content (AvgIpc) is 3.45. The summed E-state index contributed by atoms with van der Waals surface area (Å²) in [5.41, 5.74) is 5.05. The lowest BCUT2D eigenvalue weighted by Gasteiger charge is -2.09. The van der Waals surface area contributed by atoms with E-state index in [1.165, 1.54) is 11.1 Å². The Hall–Kier alpha value is -3.68. The van der Waals surface area contributed by atoms with Gasteiger partial charge >= 0.3 is 0 Å². The van der Waals surface area contributed by atoms with E-state index in [0.29, 0.717) is 18.7 Å². The van der Waals surface area contributed by atoms with Crippen molar-refractivity contribution in [2.45, 2.75) is 39.8 Å². The summed E-state index contributed by atoms with van der Waals surface area (Å²) in [5, 5.41) is 11.5. The molecule has 1 N–H and O–H groups in total. The van der Waals surface area contributed by atoms with Gasteiger partial charge in [0, 0.05) is 44.0 Å². The number of rotatable bonds is 10. The van der Waals surface area contributed by atoms with Crippen molar-refractivity contribution in [2.24, 2.45) is 0 Å². The highest BCUT2D eigenvalue weighted by atomic mass is 16.5. The molecule has 0 aliphatic carbocycles. The van der Waals surface area contributed by atoms with Gasteiger partial charge in [-0.15, -0.1) is 5.10 Å². The van der Waals surface area contributed by atoms with Crippen molar-refractivity contribution >= 4 is 16.9 Å². The molecule has 1 amide bonds. The van der Waals surface area contributed by atoms with E-state index in [1.54, 1.807) is 24.7 Å². The molecule has 0 atom stereocenters. The van der Waals surface area contributed by atoms with Crippen molar-refractivity contribution in [2.75, 3.05) is 13.2 Å². The first kappa shape index (κ1) is 21.5. The zero-order valence-corrected chi connectivity index (χ0v) is 18.5. The fraction of sp³-hybridized carbons (Fsp3) is 0.333. The van der Waals surface area contributed by atoms with Crippen molar-refractivity contribution in [3.8, 4) is 5.75 Å². The molecule has 0 fully saturated rings. The summed E-state index contributed by atoms with van der Waals surface area (Å²) in [5.74, 6) is 0.669. The largest absolute Gasteiger partial charge is 0.494 e. The molecule has 0 saturated heterocycles. The molecule has 0 spiro atoms. The van der Waals surface area contributed by atoms with Gasteiger partial charge in [-0.25, -0.2) is 9.67 Å². The monoisotopic (exact) mass is 432 g/mol. The van der Waals surface area contributed by atoms with Gasteiger partial charge in [0.05, 0.1) is 18.5 Å². The molecule has 4 aromatic rings. The molecule has 0 radical (unpaired) electrons. The molecule has 166 valence electrons. The van der Waals surface area contributed by atoms with E-state index in [1.807, 2.05) is 27.6 Å². The predicted octanol–water partition coefficient (Wildman–Crippen LogP) is 3.53. The van der Waals surface area contributed by atoms with E-state index < -0.39 is 0 Å². The van der Waals surface area contributed by atoms with Gasteiger partial charge in [-0.1, -0.05) is 5.21 Å². The molecule has 4 rings (SSSR count). The Kier molecular flexibility index (Phi) is 6.79. The fourth-order valence-electron chi connectivity index (χ4n) is 3.48. The van der Waals surface area contributed by atoms with Crippen molar-refractivity contribution in [3.63, 3.8) is 0 Å². The molecule has 2 heterocycles. The average molecular weight is 433 g/mol. The number of ether oxygens (including phenoxy) is 1.